The summed E-state index contributed by atoms with van der Waals surface area (Å²) >= 11 is 0. The number of nitrogens with one attached hydrogen (secondary N) is 1. The lowest BCUT2D eigenvalue weighted by molar-refractivity contribution is 0.969. The van der Waals surface area contributed by atoms with Crippen LogP contribution in [0.1, 0.15) is 5.56 Å². The van der Waals surface area contributed by atoms with Crippen molar-refractivity contribution in [1.29, 1.82) is 0 Å². The number of aryl methyl sites for hydroxylation is 1. The number of hydrogen-bond donors (Lipinski definition) is 2. The molecule has 2 aromatic rings. The number of aromatic nitrogens is 5. The molecular formula is C8H10N6O. The highest BCUT2D eigenvalue weighted by atomic mass is 16.1. The first-order chi connectivity index (χ1) is 7.20. The molecule has 0 radical (unpaired) electrons. The van der Waals surface area contributed by atoms with E-state index in [4.69, 9.17) is 5.73 Å². The number of rotatable bonds is 0. The second-order valence-electron chi connectivity index (χ2n) is 2.58. The SMILES string of the molecule is Cc1cnc(=O)[nH]c1N.c1cnncn1. The zero-order valence-electron chi connectivity index (χ0n) is 8.08. The Labute approximate surface area is 85.4 Å². The van der Waals surface area contributed by atoms with Crippen LogP contribution < -0.4 is 11.4 Å². The van der Waals surface area contributed by atoms with Gasteiger partial charge in [0.05, 0.1) is 6.20 Å². The molecule has 0 atom stereocenters. The number of nitrogen functional groups attached to an aromatic ring is 1. The summed E-state index contributed by atoms with van der Waals surface area (Å²) in [5, 5.41) is 6.90. The van der Waals surface area contributed by atoms with Crippen LogP contribution in [0.3, 0.4) is 0 Å². The largest absolute Gasteiger partial charge is 0.385 e. The first kappa shape index (κ1) is 10.8. The molecule has 0 spiro atoms. The number of anilines is 1. The Kier molecular flexibility index (Phi) is 3.90. The van der Waals surface area contributed by atoms with Crippen molar-refractivity contribution < 1.29 is 0 Å². The van der Waals surface area contributed by atoms with Crippen LogP contribution in [-0.2, 0) is 0 Å². The predicted octanol–water partition coefficient (Wildman–Crippen LogP) is -0.468. The minimum absolute atomic E-state index is 0.384. The van der Waals surface area contributed by atoms with Crippen LogP contribution in [-0.4, -0.2) is 25.1 Å². The second kappa shape index (κ2) is 5.43. The van der Waals surface area contributed by atoms with Gasteiger partial charge in [-0.05, 0) is 6.92 Å². The van der Waals surface area contributed by atoms with Crippen LogP contribution in [0.5, 0.6) is 0 Å². The average molecular weight is 206 g/mol. The van der Waals surface area contributed by atoms with Gasteiger partial charge in [0.2, 0.25) is 0 Å². The monoisotopic (exact) mass is 206 g/mol. The van der Waals surface area contributed by atoms with Crippen LogP contribution in [0.2, 0.25) is 0 Å². The Morgan fingerprint density at radius 1 is 1.33 bits per heavy atom. The molecule has 0 saturated heterocycles. The van der Waals surface area contributed by atoms with Gasteiger partial charge >= 0.3 is 5.69 Å². The van der Waals surface area contributed by atoms with E-state index in [9.17, 15) is 4.79 Å². The van der Waals surface area contributed by atoms with Gasteiger partial charge in [0.1, 0.15) is 12.1 Å². The average Bonchev–Trinajstić information content (AvgIpc) is 2.27. The maximum Gasteiger partial charge on any atom is 0.346 e. The molecule has 2 aromatic heterocycles. The Morgan fingerprint density at radius 2 is 2.13 bits per heavy atom. The Balaban J connectivity index is 0.000000162. The molecule has 0 bridgehead atoms. The maximum absolute atomic E-state index is 10.4. The number of nitrogens with two attached hydrogens (primary N) is 1. The van der Waals surface area contributed by atoms with Crippen LogP contribution in [0.25, 0.3) is 0 Å². The molecular weight excluding hydrogens is 196 g/mol. The third-order valence-electron chi connectivity index (χ3n) is 1.45. The van der Waals surface area contributed by atoms with Crippen LogP contribution >= 0.6 is 0 Å². The zero-order chi connectivity index (χ0) is 11.1. The van der Waals surface area contributed by atoms with Crippen LogP contribution in [0.4, 0.5) is 5.82 Å². The van der Waals surface area contributed by atoms with Gasteiger partial charge in [-0.15, -0.1) is 5.10 Å². The number of aromatic amines is 1. The molecule has 0 unspecified atom stereocenters. The van der Waals surface area contributed by atoms with E-state index in [-0.39, 0.29) is 0 Å². The summed E-state index contributed by atoms with van der Waals surface area (Å²) in [6, 6.07) is 0. The van der Waals surface area contributed by atoms with E-state index in [1.807, 2.05) is 0 Å². The van der Waals surface area contributed by atoms with Crippen molar-refractivity contribution in [3.63, 3.8) is 0 Å². The highest BCUT2D eigenvalue weighted by molar-refractivity contribution is 5.34. The minimum Gasteiger partial charge on any atom is -0.385 e. The van der Waals surface area contributed by atoms with Crippen LogP contribution in [0.15, 0.2) is 29.7 Å². The van der Waals surface area contributed by atoms with Gasteiger partial charge in [-0.1, -0.05) is 0 Å². The molecule has 0 fully saturated rings. The van der Waals surface area contributed by atoms with Gasteiger partial charge in [0, 0.05) is 18.0 Å². The molecule has 15 heavy (non-hydrogen) atoms. The van der Waals surface area contributed by atoms with E-state index < -0.39 is 5.69 Å². The predicted molar refractivity (Wildman–Crippen MR) is 53.8 cm³/mol. The minimum atomic E-state index is -0.405. The van der Waals surface area contributed by atoms with Gasteiger partial charge in [-0.3, -0.25) is 4.98 Å². The molecule has 78 valence electrons. The molecule has 3 N–H and O–H groups in total. The van der Waals surface area contributed by atoms with Crippen molar-refractivity contribution in [1.82, 2.24) is 25.1 Å². The maximum atomic E-state index is 10.4. The van der Waals surface area contributed by atoms with E-state index in [0.717, 1.165) is 5.56 Å². The van der Waals surface area contributed by atoms with Crippen molar-refractivity contribution in [2.45, 2.75) is 6.92 Å². The van der Waals surface area contributed by atoms with Crippen molar-refractivity contribution in [2.75, 3.05) is 5.73 Å². The van der Waals surface area contributed by atoms with Gasteiger partial charge in [0.25, 0.3) is 0 Å². The molecule has 0 aromatic carbocycles. The molecule has 2 rings (SSSR count). The molecule has 7 heteroatoms. The van der Waals surface area contributed by atoms with Crippen LogP contribution in [0, 0.1) is 6.92 Å². The third kappa shape index (κ3) is 3.94. The van der Waals surface area contributed by atoms with Gasteiger partial charge < -0.3 is 5.73 Å². The lowest BCUT2D eigenvalue weighted by atomic mass is 10.4. The highest BCUT2D eigenvalue weighted by Gasteiger charge is 1.90. The zero-order valence-corrected chi connectivity index (χ0v) is 8.08. The lowest BCUT2D eigenvalue weighted by Gasteiger charge is -1.93. The first-order valence-electron chi connectivity index (χ1n) is 4.08. The van der Waals surface area contributed by atoms with Gasteiger partial charge in [-0.25, -0.2) is 14.8 Å². The first-order valence-corrected chi connectivity index (χ1v) is 4.08. The van der Waals surface area contributed by atoms with E-state index >= 15 is 0 Å². The fourth-order valence-corrected chi connectivity index (χ4v) is 0.676. The van der Waals surface area contributed by atoms with Crippen molar-refractivity contribution in [3.8, 4) is 0 Å². The molecule has 0 aliphatic heterocycles. The quantitative estimate of drug-likeness (QED) is 0.603. The standard InChI is InChI=1S/C5H7N3O.C3H3N3/c1-3-2-7-5(9)8-4(3)6;1-2-5-6-3-4-1/h2H,1H3,(H3,6,7,8,9);1-3H. The van der Waals surface area contributed by atoms with E-state index in [1.165, 1.54) is 18.7 Å². The van der Waals surface area contributed by atoms with Crippen molar-refractivity contribution in [3.05, 3.63) is 41.0 Å². The number of nitrogens with zero attached hydrogens (tertiary/aromatic N) is 4. The summed E-state index contributed by atoms with van der Waals surface area (Å²) in [7, 11) is 0. The summed E-state index contributed by atoms with van der Waals surface area (Å²) in [5.41, 5.74) is 5.71. The summed E-state index contributed by atoms with van der Waals surface area (Å²) < 4.78 is 0. The molecule has 0 aliphatic carbocycles. The summed E-state index contributed by atoms with van der Waals surface area (Å²) in [5.74, 6) is 0.384. The fraction of sp³-hybridized carbons (Fsp3) is 0.125. The Morgan fingerprint density at radius 3 is 2.47 bits per heavy atom. The van der Waals surface area contributed by atoms with Gasteiger partial charge in [0.15, 0.2) is 0 Å². The molecule has 0 amide bonds. The third-order valence-corrected chi connectivity index (χ3v) is 1.45. The normalized spacial score (nSPS) is 8.87. The summed E-state index contributed by atoms with van der Waals surface area (Å²) in [6.07, 6.45) is 5.93. The second-order valence-corrected chi connectivity index (χ2v) is 2.58. The van der Waals surface area contributed by atoms with Crippen molar-refractivity contribution in [2.24, 2.45) is 0 Å². The van der Waals surface area contributed by atoms with E-state index in [1.54, 1.807) is 13.1 Å². The smallest absolute Gasteiger partial charge is 0.346 e. The summed E-state index contributed by atoms with van der Waals surface area (Å²) in [4.78, 5) is 19.8. The number of H-pyrrole nitrogens is 1. The number of hydrogen-bond acceptors (Lipinski definition) is 6. The van der Waals surface area contributed by atoms with Crippen molar-refractivity contribution >= 4 is 5.82 Å². The van der Waals surface area contributed by atoms with E-state index in [2.05, 4.69) is 25.1 Å². The van der Waals surface area contributed by atoms with E-state index in [0.29, 0.717) is 5.82 Å². The van der Waals surface area contributed by atoms with Gasteiger partial charge in [-0.2, -0.15) is 5.10 Å². The molecule has 0 aliphatic rings. The fourth-order valence-electron chi connectivity index (χ4n) is 0.676. The lowest BCUT2D eigenvalue weighted by Crippen LogP contribution is -2.12. The highest BCUT2D eigenvalue weighted by Crippen LogP contribution is 1.97. The topological polar surface area (TPSA) is 110 Å². The Hall–Kier alpha value is -2.31. The molecule has 7 nitrogen and oxygen atoms in total. The Bertz CT molecular complexity index is 427. The molecule has 0 saturated carbocycles. The summed E-state index contributed by atoms with van der Waals surface area (Å²) in [6.45, 7) is 1.78. The molecule has 2 heterocycles.